The molecule has 1 atom stereocenters. The van der Waals surface area contributed by atoms with Gasteiger partial charge in [-0.2, -0.15) is 0 Å². The standard InChI is InChI=1S/C13H25N3O2/c1-8(2)7-16(10-5-6-10)13(17)11(9(3)4)12(14)15-18/h8-11,18H,5-7H2,1-4H3,(H2,14,15). The van der Waals surface area contributed by atoms with Gasteiger partial charge in [-0.1, -0.05) is 32.9 Å². The van der Waals surface area contributed by atoms with E-state index < -0.39 is 5.92 Å². The van der Waals surface area contributed by atoms with Crippen molar-refractivity contribution in [2.45, 2.75) is 46.6 Å². The number of hydrogen-bond acceptors (Lipinski definition) is 3. The van der Waals surface area contributed by atoms with Crippen LogP contribution in [0.25, 0.3) is 0 Å². The van der Waals surface area contributed by atoms with Crippen LogP contribution < -0.4 is 5.73 Å². The third kappa shape index (κ3) is 3.62. The first kappa shape index (κ1) is 14.8. The molecule has 3 N–H and O–H groups in total. The normalized spacial score (nSPS) is 18.2. The lowest BCUT2D eigenvalue weighted by Gasteiger charge is -2.30. The van der Waals surface area contributed by atoms with Gasteiger partial charge in [0.1, 0.15) is 5.92 Å². The summed E-state index contributed by atoms with van der Waals surface area (Å²) in [6.45, 7) is 8.76. The number of nitrogens with zero attached hydrogens (tertiary/aromatic N) is 2. The number of oxime groups is 1. The SMILES string of the molecule is CC(C)CN(C(=O)C(C(N)=NO)C(C)C)C1CC1. The molecule has 0 aromatic carbocycles. The lowest BCUT2D eigenvalue weighted by atomic mass is 9.92. The second-order valence-electron chi connectivity index (χ2n) is 5.86. The number of rotatable bonds is 6. The minimum atomic E-state index is -0.519. The molecule has 0 radical (unpaired) electrons. The zero-order valence-electron chi connectivity index (χ0n) is 11.8. The summed E-state index contributed by atoms with van der Waals surface area (Å²) in [7, 11) is 0. The summed E-state index contributed by atoms with van der Waals surface area (Å²) in [6, 6.07) is 0.354. The van der Waals surface area contributed by atoms with Crippen LogP contribution in [-0.2, 0) is 4.79 Å². The molecule has 1 aliphatic carbocycles. The minimum absolute atomic E-state index is 0.00324. The first-order chi connectivity index (χ1) is 8.38. The van der Waals surface area contributed by atoms with Crippen molar-refractivity contribution < 1.29 is 10.0 Å². The lowest BCUT2D eigenvalue weighted by molar-refractivity contribution is -0.135. The quantitative estimate of drug-likeness (QED) is 0.328. The molecule has 18 heavy (non-hydrogen) atoms. The van der Waals surface area contributed by atoms with Gasteiger partial charge in [0, 0.05) is 12.6 Å². The summed E-state index contributed by atoms with van der Waals surface area (Å²) in [5.41, 5.74) is 5.66. The van der Waals surface area contributed by atoms with Crippen molar-refractivity contribution in [3.8, 4) is 0 Å². The van der Waals surface area contributed by atoms with Gasteiger partial charge >= 0.3 is 0 Å². The summed E-state index contributed by atoms with van der Waals surface area (Å²) >= 11 is 0. The molecule has 0 spiro atoms. The Balaban J connectivity index is 2.85. The van der Waals surface area contributed by atoms with Gasteiger partial charge in [0.25, 0.3) is 0 Å². The van der Waals surface area contributed by atoms with Gasteiger partial charge in [0.05, 0.1) is 0 Å². The third-order valence-corrected chi connectivity index (χ3v) is 3.20. The zero-order chi connectivity index (χ0) is 13.9. The van der Waals surface area contributed by atoms with E-state index in [9.17, 15) is 4.79 Å². The Bertz CT molecular complexity index is 322. The third-order valence-electron chi connectivity index (χ3n) is 3.20. The Hall–Kier alpha value is -1.26. The van der Waals surface area contributed by atoms with E-state index in [2.05, 4.69) is 19.0 Å². The highest BCUT2D eigenvalue weighted by atomic mass is 16.4. The van der Waals surface area contributed by atoms with Gasteiger partial charge < -0.3 is 15.8 Å². The topological polar surface area (TPSA) is 78.9 Å². The molecule has 1 saturated carbocycles. The Kier molecular flexibility index (Phi) is 4.99. The Morgan fingerprint density at radius 2 is 1.94 bits per heavy atom. The van der Waals surface area contributed by atoms with Gasteiger partial charge in [-0.3, -0.25) is 4.79 Å². The van der Waals surface area contributed by atoms with E-state index >= 15 is 0 Å². The van der Waals surface area contributed by atoms with Crippen LogP contribution in [0.15, 0.2) is 5.16 Å². The largest absolute Gasteiger partial charge is 0.409 e. The van der Waals surface area contributed by atoms with Crippen molar-refractivity contribution in [3.63, 3.8) is 0 Å². The van der Waals surface area contributed by atoms with E-state index in [1.165, 1.54) is 0 Å². The van der Waals surface area contributed by atoms with Gasteiger partial charge in [-0.05, 0) is 24.7 Å². The summed E-state index contributed by atoms with van der Waals surface area (Å²) in [6.07, 6.45) is 2.14. The molecule has 0 saturated heterocycles. The van der Waals surface area contributed by atoms with E-state index in [1.54, 1.807) is 0 Å². The van der Waals surface area contributed by atoms with Gasteiger partial charge in [0.2, 0.25) is 5.91 Å². The number of nitrogens with two attached hydrogens (primary N) is 1. The Morgan fingerprint density at radius 3 is 2.28 bits per heavy atom. The Morgan fingerprint density at radius 1 is 1.39 bits per heavy atom. The lowest BCUT2D eigenvalue weighted by Crippen LogP contribution is -2.46. The average Bonchev–Trinajstić information content (AvgIpc) is 3.08. The van der Waals surface area contributed by atoms with Crippen molar-refractivity contribution in [1.82, 2.24) is 4.90 Å². The number of carbonyl (C=O) groups is 1. The summed E-state index contributed by atoms with van der Waals surface area (Å²) < 4.78 is 0. The smallest absolute Gasteiger partial charge is 0.233 e. The predicted octanol–water partition coefficient (Wildman–Crippen LogP) is 1.65. The van der Waals surface area contributed by atoms with E-state index in [-0.39, 0.29) is 17.7 Å². The van der Waals surface area contributed by atoms with Crippen LogP contribution in [0.1, 0.15) is 40.5 Å². The second kappa shape index (κ2) is 6.07. The molecule has 1 rings (SSSR count). The minimum Gasteiger partial charge on any atom is -0.409 e. The fourth-order valence-electron chi connectivity index (χ4n) is 2.19. The maximum Gasteiger partial charge on any atom is 0.233 e. The van der Waals surface area contributed by atoms with E-state index in [0.29, 0.717) is 12.0 Å². The molecule has 1 unspecified atom stereocenters. The molecule has 0 aromatic heterocycles. The average molecular weight is 255 g/mol. The number of amides is 1. The molecule has 0 aromatic rings. The highest BCUT2D eigenvalue weighted by Gasteiger charge is 2.38. The molecular weight excluding hydrogens is 230 g/mol. The predicted molar refractivity (Wildman–Crippen MR) is 71.3 cm³/mol. The highest BCUT2D eigenvalue weighted by Crippen LogP contribution is 2.30. The molecule has 5 heteroatoms. The number of amidine groups is 1. The van der Waals surface area contributed by atoms with Crippen LogP contribution in [0, 0.1) is 17.8 Å². The van der Waals surface area contributed by atoms with E-state index in [1.807, 2.05) is 18.7 Å². The van der Waals surface area contributed by atoms with Crippen molar-refractivity contribution in [1.29, 1.82) is 0 Å². The fourth-order valence-corrected chi connectivity index (χ4v) is 2.19. The van der Waals surface area contributed by atoms with Crippen molar-refractivity contribution in [2.24, 2.45) is 28.6 Å². The molecule has 0 heterocycles. The first-order valence-electron chi connectivity index (χ1n) is 6.66. The molecule has 0 bridgehead atoms. The van der Waals surface area contributed by atoms with Crippen LogP contribution >= 0.6 is 0 Å². The number of hydrogen-bond donors (Lipinski definition) is 2. The Labute approximate surface area is 109 Å². The van der Waals surface area contributed by atoms with Gasteiger partial charge in [0.15, 0.2) is 5.84 Å². The van der Waals surface area contributed by atoms with Gasteiger partial charge in [-0.25, -0.2) is 0 Å². The van der Waals surface area contributed by atoms with E-state index in [0.717, 1.165) is 19.4 Å². The van der Waals surface area contributed by atoms with Crippen molar-refractivity contribution in [3.05, 3.63) is 0 Å². The van der Waals surface area contributed by atoms with Crippen molar-refractivity contribution >= 4 is 11.7 Å². The number of carbonyl (C=O) groups excluding carboxylic acids is 1. The highest BCUT2D eigenvalue weighted by molar-refractivity contribution is 6.02. The molecule has 1 fully saturated rings. The molecule has 5 nitrogen and oxygen atoms in total. The van der Waals surface area contributed by atoms with Crippen molar-refractivity contribution in [2.75, 3.05) is 6.54 Å². The van der Waals surface area contributed by atoms with Crippen LogP contribution in [-0.4, -0.2) is 34.4 Å². The summed E-state index contributed by atoms with van der Waals surface area (Å²) in [5.74, 6) is -0.0493. The molecule has 1 amide bonds. The van der Waals surface area contributed by atoms with Crippen LogP contribution in [0.3, 0.4) is 0 Å². The van der Waals surface area contributed by atoms with Crippen LogP contribution in [0.2, 0.25) is 0 Å². The second-order valence-corrected chi connectivity index (χ2v) is 5.86. The first-order valence-corrected chi connectivity index (χ1v) is 6.66. The molecule has 1 aliphatic rings. The molecule has 0 aliphatic heterocycles. The maximum atomic E-state index is 12.6. The van der Waals surface area contributed by atoms with Crippen LogP contribution in [0.4, 0.5) is 0 Å². The molecule has 104 valence electrons. The van der Waals surface area contributed by atoms with Crippen LogP contribution in [0.5, 0.6) is 0 Å². The van der Waals surface area contributed by atoms with Gasteiger partial charge in [-0.15, -0.1) is 0 Å². The summed E-state index contributed by atoms with van der Waals surface area (Å²) in [5, 5.41) is 11.8. The fraction of sp³-hybridized carbons (Fsp3) is 0.846. The molecular formula is C13H25N3O2. The summed E-state index contributed by atoms with van der Waals surface area (Å²) in [4.78, 5) is 14.5. The monoisotopic (exact) mass is 255 g/mol. The zero-order valence-corrected chi connectivity index (χ0v) is 11.8. The van der Waals surface area contributed by atoms with E-state index in [4.69, 9.17) is 10.9 Å². The maximum absolute atomic E-state index is 12.6.